The van der Waals surface area contributed by atoms with Crippen molar-refractivity contribution in [2.24, 2.45) is 0 Å². The van der Waals surface area contributed by atoms with Crippen molar-refractivity contribution in [1.29, 1.82) is 5.26 Å². The van der Waals surface area contributed by atoms with Crippen LogP contribution >= 0.6 is 11.8 Å². The van der Waals surface area contributed by atoms with Crippen molar-refractivity contribution < 1.29 is 4.79 Å². The third-order valence-corrected chi connectivity index (χ3v) is 5.25. The van der Waals surface area contributed by atoms with E-state index in [0.29, 0.717) is 5.75 Å². The topological polar surface area (TPSA) is 64.9 Å². The zero-order chi connectivity index (χ0) is 19.1. The lowest BCUT2D eigenvalue weighted by atomic mass is 10.00. The lowest BCUT2D eigenvalue weighted by Crippen LogP contribution is -2.30. The fraction of sp³-hybridized carbons (Fsp3) is 0.182. The molecule has 0 bridgehead atoms. The van der Waals surface area contributed by atoms with Gasteiger partial charge >= 0.3 is 0 Å². The van der Waals surface area contributed by atoms with E-state index in [2.05, 4.69) is 47.9 Å². The number of carbonyl (C=O) groups excluding carboxylic acids is 1. The first-order valence-corrected chi connectivity index (χ1v) is 9.77. The molecule has 0 aliphatic rings. The lowest BCUT2D eigenvalue weighted by molar-refractivity contribution is -0.115. The van der Waals surface area contributed by atoms with Crippen LogP contribution in [0.1, 0.15) is 18.5 Å². The van der Waals surface area contributed by atoms with Crippen molar-refractivity contribution in [2.45, 2.75) is 17.9 Å². The Labute approximate surface area is 163 Å². The number of nitrogens with zero attached hydrogens (tertiary/aromatic N) is 1. The van der Waals surface area contributed by atoms with Gasteiger partial charge in [-0.3, -0.25) is 4.79 Å². The van der Waals surface area contributed by atoms with E-state index in [1.54, 1.807) is 0 Å². The number of benzene rings is 3. The highest BCUT2D eigenvalue weighted by Crippen LogP contribution is 2.27. The molecule has 3 rings (SSSR count). The number of hydrogen-bond acceptors (Lipinski definition) is 4. The van der Waals surface area contributed by atoms with Crippen LogP contribution in [0.5, 0.6) is 0 Å². The average molecular weight is 375 g/mol. The summed E-state index contributed by atoms with van der Waals surface area (Å²) in [7, 11) is 0. The quantitative estimate of drug-likeness (QED) is 0.585. The lowest BCUT2D eigenvalue weighted by Gasteiger charge is -2.17. The highest BCUT2D eigenvalue weighted by molar-refractivity contribution is 7.99. The van der Waals surface area contributed by atoms with Gasteiger partial charge in [-0.1, -0.05) is 54.6 Å². The minimum atomic E-state index is -0.105. The second kappa shape index (κ2) is 9.22. The summed E-state index contributed by atoms with van der Waals surface area (Å²) in [6, 6.07) is 24.2. The first-order chi connectivity index (χ1) is 13.2. The summed E-state index contributed by atoms with van der Waals surface area (Å²) in [5.41, 5.74) is 1.91. The molecule has 3 aromatic rings. The predicted molar refractivity (Wildman–Crippen MR) is 112 cm³/mol. The van der Waals surface area contributed by atoms with Gasteiger partial charge in [-0.25, -0.2) is 0 Å². The summed E-state index contributed by atoms with van der Waals surface area (Å²) in [5.74, 6) is 0.246. The van der Waals surface area contributed by atoms with Gasteiger partial charge in [0.1, 0.15) is 0 Å². The number of amides is 1. The van der Waals surface area contributed by atoms with Crippen molar-refractivity contribution in [2.75, 3.05) is 17.6 Å². The molecule has 2 N–H and O–H groups in total. The maximum absolute atomic E-state index is 12.4. The Balaban J connectivity index is 1.63. The van der Waals surface area contributed by atoms with Crippen LogP contribution in [0.2, 0.25) is 0 Å². The van der Waals surface area contributed by atoms with Crippen LogP contribution in [0.3, 0.4) is 0 Å². The summed E-state index contributed by atoms with van der Waals surface area (Å²) < 4.78 is 0. The monoisotopic (exact) mass is 375 g/mol. The molecule has 0 unspecified atom stereocenters. The van der Waals surface area contributed by atoms with E-state index >= 15 is 0 Å². The fourth-order valence-corrected chi connectivity index (χ4v) is 3.65. The molecular formula is C22H21N3OS. The highest BCUT2D eigenvalue weighted by Gasteiger charge is 2.12. The smallest absolute Gasteiger partial charge is 0.238 e. The molecule has 0 aromatic heterocycles. The Morgan fingerprint density at radius 3 is 2.67 bits per heavy atom. The number of thioether (sulfide) groups is 1. The van der Waals surface area contributed by atoms with E-state index in [0.717, 1.165) is 10.6 Å². The van der Waals surface area contributed by atoms with E-state index in [9.17, 15) is 4.79 Å². The van der Waals surface area contributed by atoms with Gasteiger partial charge < -0.3 is 10.6 Å². The normalized spacial score (nSPS) is 11.7. The first-order valence-electron chi connectivity index (χ1n) is 8.78. The van der Waals surface area contributed by atoms with Crippen molar-refractivity contribution in [1.82, 2.24) is 5.32 Å². The van der Waals surface area contributed by atoms with Crippen LogP contribution in [0.25, 0.3) is 10.8 Å². The summed E-state index contributed by atoms with van der Waals surface area (Å²) in [6.45, 7) is 2.27. The molecule has 3 aromatic carbocycles. The van der Waals surface area contributed by atoms with E-state index in [4.69, 9.17) is 5.26 Å². The van der Waals surface area contributed by atoms with Crippen LogP contribution < -0.4 is 10.6 Å². The standard InChI is InChI=1S/C22H21N3OS/c1-16(18-10-6-8-17-7-2-3-9-19(17)18)24-15-22(26)25-20-11-4-5-12-21(20)27-14-13-23/h2-12,16,24H,14-15H2,1H3,(H,25,26)/t16-/m1/s1. The number of rotatable bonds is 7. The summed E-state index contributed by atoms with van der Waals surface area (Å²) in [4.78, 5) is 13.3. The van der Waals surface area contributed by atoms with Crippen molar-refractivity contribution >= 4 is 34.1 Å². The van der Waals surface area contributed by atoms with Crippen LogP contribution in [-0.4, -0.2) is 18.2 Å². The molecule has 136 valence electrons. The summed E-state index contributed by atoms with van der Waals surface area (Å²) in [6.07, 6.45) is 0. The van der Waals surface area contributed by atoms with Gasteiger partial charge in [0.2, 0.25) is 5.91 Å². The van der Waals surface area contributed by atoms with E-state index in [1.807, 2.05) is 42.5 Å². The molecule has 0 spiro atoms. The molecule has 0 aliphatic carbocycles. The molecule has 5 heteroatoms. The first kappa shape index (κ1) is 19.0. The summed E-state index contributed by atoms with van der Waals surface area (Å²) in [5, 5.41) is 17.4. The molecule has 0 radical (unpaired) electrons. The third-order valence-electron chi connectivity index (χ3n) is 4.31. The zero-order valence-electron chi connectivity index (χ0n) is 15.1. The number of hydrogen-bond donors (Lipinski definition) is 2. The number of nitriles is 1. The van der Waals surface area contributed by atoms with Crippen molar-refractivity contribution in [3.05, 3.63) is 72.3 Å². The Kier molecular flexibility index (Phi) is 6.48. The molecule has 0 saturated heterocycles. The van der Waals surface area contributed by atoms with E-state index in [1.165, 1.54) is 28.1 Å². The van der Waals surface area contributed by atoms with Crippen molar-refractivity contribution in [3.8, 4) is 6.07 Å². The Morgan fingerprint density at radius 2 is 1.81 bits per heavy atom. The highest BCUT2D eigenvalue weighted by atomic mass is 32.2. The SMILES string of the molecule is C[C@@H](NCC(=O)Nc1ccccc1SCC#N)c1cccc2ccccc12. The van der Waals surface area contributed by atoms with Crippen molar-refractivity contribution in [3.63, 3.8) is 0 Å². The number of para-hydroxylation sites is 1. The van der Waals surface area contributed by atoms with Gasteiger partial charge in [0.25, 0.3) is 0 Å². The molecule has 4 nitrogen and oxygen atoms in total. The largest absolute Gasteiger partial charge is 0.324 e. The fourth-order valence-electron chi connectivity index (χ4n) is 2.98. The molecule has 1 amide bonds. The number of fused-ring (bicyclic) bond motifs is 1. The number of anilines is 1. The molecule has 0 heterocycles. The molecule has 0 aliphatic heterocycles. The molecule has 27 heavy (non-hydrogen) atoms. The number of carbonyl (C=O) groups is 1. The van der Waals surface area contributed by atoms with E-state index < -0.39 is 0 Å². The van der Waals surface area contributed by atoms with Gasteiger partial charge in [0.15, 0.2) is 0 Å². The van der Waals surface area contributed by atoms with Crippen LogP contribution in [0.4, 0.5) is 5.69 Å². The minimum absolute atomic E-state index is 0.0463. The van der Waals surface area contributed by atoms with Gasteiger partial charge in [-0.05, 0) is 35.4 Å². The van der Waals surface area contributed by atoms with Gasteiger partial charge in [-0.2, -0.15) is 5.26 Å². The number of nitrogens with one attached hydrogen (secondary N) is 2. The zero-order valence-corrected chi connectivity index (χ0v) is 15.9. The second-order valence-electron chi connectivity index (χ2n) is 6.16. The molecule has 0 saturated carbocycles. The third kappa shape index (κ3) is 4.88. The summed E-state index contributed by atoms with van der Waals surface area (Å²) >= 11 is 1.42. The van der Waals surface area contributed by atoms with Crippen LogP contribution in [0.15, 0.2) is 71.6 Å². The molecule has 1 atom stereocenters. The molecule has 0 fully saturated rings. The van der Waals surface area contributed by atoms with E-state index in [-0.39, 0.29) is 18.5 Å². The van der Waals surface area contributed by atoms with Gasteiger partial charge in [-0.15, -0.1) is 11.8 Å². The average Bonchev–Trinajstić information content (AvgIpc) is 2.71. The minimum Gasteiger partial charge on any atom is -0.324 e. The maximum atomic E-state index is 12.4. The molecular weight excluding hydrogens is 354 g/mol. The van der Waals surface area contributed by atoms with Gasteiger partial charge in [0, 0.05) is 10.9 Å². The predicted octanol–water partition coefficient (Wildman–Crippen LogP) is 4.74. The maximum Gasteiger partial charge on any atom is 0.238 e. The van der Waals surface area contributed by atoms with Crippen LogP contribution in [-0.2, 0) is 4.79 Å². The van der Waals surface area contributed by atoms with Crippen LogP contribution in [0, 0.1) is 11.3 Å². The Bertz CT molecular complexity index is 975. The second-order valence-corrected chi connectivity index (χ2v) is 7.18. The Hall–Kier alpha value is -2.81. The Morgan fingerprint density at radius 1 is 1.07 bits per heavy atom. The van der Waals surface area contributed by atoms with Gasteiger partial charge in [0.05, 0.1) is 24.1 Å².